The monoisotopic (exact) mass is 145 g/mol. The third-order valence-corrected chi connectivity index (χ3v) is 1.06. The third kappa shape index (κ3) is 4.92. The largest absolute Gasteiger partial charge is 0.198 e. The van der Waals surface area contributed by atoms with Gasteiger partial charge in [-0.05, 0) is 5.57 Å². The van der Waals surface area contributed by atoms with Crippen molar-refractivity contribution in [3.8, 4) is 6.07 Å². The lowest BCUT2D eigenvalue weighted by Gasteiger charge is -1.89. The molecule has 0 atom stereocenters. The number of hydrogen-bond donors (Lipinski definition) is 0. The molecule has 1 nitrogen and oxygen atoms in total. The van der Waals surface area contributed by atoms with Gasteiger partial charge in [0.25, 0.3) is 0 Å². The van der Waals surface area contributed by atoms with Gasteiger partial charge in [-0.3, -0.25) is 0 Å². The minimum Gasteiger partial charge on any atom is -0.198 e. The summed E-state index contributed by atoms with van der Waals surface area (Å²) in [5.41, 5.74) is 0.947. The van der Waals surface area contributed by atoms with Crippen molar-refractivity contribution < 1.29 is 0 Å². The molecule has 0 aliphatic heterocycles. The molecule has 0 unspecified atom stereocenters. The van der Waals surface area contributed by atoms with E-state index in [0.29, 0.717) is 6.42 Å². The molecule has 11 heavy (non-hydrogen) atoms. The Kier molecular flexibility index (Phi) is 5.64. The van der Waals surface area contributed by atoms with Crippen LogP contribution >= 0.6 is 0 Å². The molecule has 0 fully saturated rings. The van der Waals surface area contributed by atoms with Crippen LogP contribution in [-0.4, -0.2) is 0 Å². The Balaban J connectivity index is 4.23. The minimum atomic E-state index is 0.413. The maximum Gasteiger partial charge on any atom is 0.0669 e. The molecule has 0 aliphatic rings. The van der Waals surface area contributed by atoms with E-state index in [9.17, 15) is 0 Å². The van der Waals surface area contributed by atoms with Gasteiger partial charge >= 0.3 is 0 Å². The van der Waals surface area contributed by atoms with Gasteiger partial charge in [0.1, 0.15) is 0 Å². The first-order chi connectivity index (χ1) is 5.35. The lowest BCUT2D eigenvalue weighted by Crippen LogP contribution is -1.73. The molecule has 0 aliphatic carbocycles. The van der Waals surface area contributed by atoms with Crippen molar-refractivity contribution in [3.05, 3.63) is 49.1 Å². The van der Waals surface area contributed by atoms with Crippen molar-refractivity contribution in [2.24, 2.45) is 0 Å². The Morgan fingerprint density at radius 2 is 2.09 bits per heavy atom. The molecule has 0 aromatic heterocycles. The zero-order valence-electron chi connectivity index (χ0n) is 6.46. The maximum atomic E-state index is 8.38. The van der Waals surface area contributed by atoms with Crippen molar-refractivity contribution >= 4 is 0 Å². The fourth-order valence-electron chi connectivity index (χ4n) is 0.608. The molecule has 0 aromatic rings. The van der Waals surface area contributed by atoms with E-state index in [1.807, 2.05) is 12.2 Å². The smallest absolute Gasteiger partial charge is 0.0669 e. The Morgan fingerprint density at radius 3 is 2.55 bits per heavy atom. The van der Waals surface area contributed by atoms with Gasteiger partial charge in [-0.25, -0.2) is 0 Å². The predicted octanol–water partition coefficient (Wildman–Crippen LogP) is 2.75. The normalized spacial score (nSPS) is 11.0. The summed E-state index contributed by atoms with van der Waals surface area (Å²) >= 11 is 0. The molecule has 0 spiro atoms. The second-order valence-electron chi connectivity index (χ2n) is 1.91. The molecule has 0 rings (SSSR count). The second kappa shape index (κ2) is 6.57. The lowest BCUT2D eigenvalue weighted by molar-refractivity contribution is 1.28. The maximum absolute atomic E-state index is 8.38. The lowest BCUT2D eigenvalue weighted by atomic mass is 10.2. The van der Waals surface area contributed by atoms with Crippen molar-refractivity contribution in [1.29, 1.82) is 5.26 Å². The van der Waals surface area contributed by atoms with Crippen LogP contribution < -0.4 is 0 Å². The zero-order valence-corrected chi connectivity index (χ0v) is 6.46. The van der Waals surface area contributed by atoms with Crippen LogP contribution in [0.25, 0.3) is 0 Å². The molecule has 0 heterocycles. The highest BCUT2D eigenvalue weighted by Gasteiger charge is 1.86. The van der Waals surface area contributed by atoms with E-state index >= 15 is 0 Å². The summed E-state index contributed by atoms with van der Waals surface area (Å²) in [5.74, 6) is 0. The van der Waals surface area contributed by atoms with Gasteiger partial charge < -0.3 is 0 Å². The Labute approximate surface area is 67.7 Å². The van der Waals surface area contributed by atoms with Gasteiger partial charge in [0.2, 0.25) is 0 Å². The van der Waals surface area contributed by atoms with Crippen molar-refractivity contribution in [3.63, 3.8) is 0 Å². The van der Waals surface area contributed by atoms with E-state index in [-0.39, 0.29) is 0 Å². The summed E-state index contributed by atoms with van der Waals surface area (Å²) < 4.78 is 0. The van der Waals surface area contributed by atoms with E-state index in [0.717, 1.165) is 5.57 Å². The van der Waals surface area contributed by atoms with Gasteiger partial charge in [0.05, 0.1) is 12.5 Å². The van der Waals surface area contributed by atoms with Gasteiger partial charge in [0.15, 0.2) is 0 Å². The molecule has 1 heteroatoms. The summed E-state index contributed by atoms with van der Waals surface area (Å²) in [4.78, 5) is 0. The highest BCUT2D eigenvalue weighted by Crippen LogP contribution is 2.02. The van der Waals surface area contributed by atoms with Crippen LogP contribution in [0.5, 0.6) is 0 Å². The van der Waals surface area contributed by atoms with Crippen molar-refractivity contribution in [2.75, 3.05) is 0 Å². The third-order valence-electron chi connectivity index (χ3n) is 1.06. The summed E-state index contributed by atoms with van der Waals surface area (Å²) in [6, 6.07) is 2.06. The Morgan fingerprint density at radius 1 is 1.36 bits per heavy atom. The fraction of sp³-hybridized carbons (Fsp3) is 0.100. The molecule has 0 aromatic carbocycles. The molecule has 0 saturated heterocycles. The van der Waals surface area contributed by atoms with Crippen LogP contribution in [0.1, 0.15) is 6.42 Å². The first-order valence-corrected chi connectivity index (χ1v) is 3.32. The average Bonchev–Trinajstić information content (AvgIpc) is 2.01. The summed E-state index contributed by atoms with van der Waals surface area (Å²) in [7, 11) is 0. The summed E-state index contributed by atoms with van der Waals surface area (Å²) in [6.45, 7) is 7.08. The summed E-state index contributed by atoms with van der Waals surface area (Å²) in [6.07, 6.45) is 9.21. The van der Waals surface area contributed by atoms with Crippen LogP contribution in [0.2, 0.25) is 0 Å². The highest BCUT2D eigenvalue weighted by atomic mass is 14.2. The highest BCUT2D eigenvalue weighted by molar-refractivity contribution is 5.27. The van der Waals surface area contributed by atoms with Crippen LogP contribution in [0.3, 0.4) is 0 Å². The van der Waals surface area contributed by atoms with E-state index in [1.165, 1.54) is 0 Å². The van der Waals surface area contributed by atoms with E-state index < -0.39 is 0 Å². The average molecular weight is 145 g/mol. The van der Waals surface area contributed by atoms with E-state index in [1.54, 1.807) is 18.2 Å². The number of hydrogen-bond acceptors (Lipinski definition) is 1. The summed E-state index contributed by atoms with van der Waals surface area (Å²) in [5, 5.41) is 8.38. The molecular weight excluding hydrogens is 134 g/mol. The van der Waals surface area contributed by atoms with Crippen LogP contribution in [0, 0.1) is 11.3 Å². The Hall–Kier alpha value is -1.55. The van der Waals surface area contributed by atoms with Gasteiger partial charge in [-0.15, -0.1) is 0 Å². The predicted molar refractivity (Wildman–Crippen MR) is 47.8 cm³/mol. The van der Waals surface area contributed by atoms with Crippen LogP contribution in [0.15, 0.2) is 49.1 Å². The molecule has 0 bridgehead atoms. The van der Waals surface area contributed by atoms with Crippen molar-refractivity contribution in [2.45, 2.75) is 6.42 Å². The van der Waals surface area contributed by atoms with E-state index in [4.69, 9.17) is 5.26 Å². The van der Waals surface area contributed by atoms with Gasteiger partial charge in [-0.2, -0.15) is 5.26 Å². The molecule has 0 N–H and O–H groups in total. The molecular formula is C10H11N. The number of nitrogens with zero attached hydrogens (tertiary/aromatic N) is 1. The van der Waals surface area contributed by atoms with E-state index in [2.05, 4.69) is 19.2 Å². The van der Waals surface area contributed by atoms with Crippen LogP contribution in [0.4, 0.5) is 0 Å². The molecule has 0 radical (unpaired) electrons. The fourth-order valence-corrected chi connectivity index (χ4v) is 0.608. The first kappa shape index (κ1) is 9.45. The standard InChI is InChI=1S/C10H11N/c1-3-5-7-10(6-4-2)8-9-11/h3-7H,1-2,8H2/b7-5-,10-6+. The van der Waals surface area contributed by atoms with Gasteiger partial charge in [-0.1, -0.05) is 43.5 Å². The van der Waals surface area contributed by atoms with Crippen molar-refractivity contribution in [1.82, 2.24) is 0 Å². The molecule has 0 amide bonds. The van der Waals surface area contributed by atoms with Crippen LogP contribution in [-0.2, 0) is 0 Å². The van der Waals surface area contributed by atoms with Gasteiger partial charge in [0, 0.05) is 0 Å². The number of rotatable bonds is 4. The quantitative estimate of drug-likeness (QED) is 0.558. The first-order valence-electron chi connectivity index (χ1n) is 3.32. The number of nitriles is 1. The number of allylic oxidation sites excluding steroid dienone is 6. The Bertz CT molecular complexity index is 226. The molecule has 56 valence electrons. The second-order valence-corrected chi connectivity index (χ2v) is 1.91. The molecule has 0 saturated carbocycles. The SMILES string of the molecule is C=C/C=C\C(=C/C=C)CC#N. The topological polar surface area (TPSA) is 23.8 Å². The zero-order chi connectivity index (χ0) is 8.53. The minimum absolute atomic E-state index is 0.413.